The number of rotatable bonds is 20. The van der Waals surface area contributed by atoms with Crippen molar-refractivity contribution in [1.29, 1.82) is 0 Å². The largest absolute Gasteiger partial charge is 0.396 e. The highest BCUT2D eigenvalue weighted by Crippen LogP contribution is 2.16. The van der Waals surface area contributed by atoms with E-state index in [2.05, 4.69) is 18.3 Å². The third-order valence-electron chi connectivity index (χ3n) is 6.22. The minimum Gasteiger partial charge on any atom is -0.396 e. The fraction of sp³-hybridized carbons (Fsp3) is 0.958. The molecule has 1 unspecified atom stereocenters. The van der Waals surface area contributed by atoms with Gasteiger partial charge in [0.25, 0.3) is 0 Å². The normalized spacial score (nSPS) is 19.2. The molecule has 1 aliphatic heterocycles. The number of nitrogens with zero attached hydrogens (tertiary/aromatic N) is 2. The first-order valence-electron chi connectivity index (χ1n) is 12.3. The molecule has 0 aromatic heterocycles. The van der Waals surface area contributed by atoms with Crippen LogP contribution in [-0.4, -0.2) is 48.7 Å². The first-order chi connectivity index (χ1) is 13.3. The highest BCUT2D eigenvalue weighted by Gasteiger charge is 2.27. The molecule has 0 saturated carbocycles. The van der Waals surface area contributed by atoms with Gasteiger partial charge in [-0.3, -0.25) is 4.48 Å². The van der Waals surface area contributed by atoms with Gasteiger partial charge in [-0.25, -0.2) is 4.99 Å². The van der Waals surface area contributed by atoms with E-state index in [1.807, 2.05) is 0 Å². The number of hydrogen-bond donors (Lipinski definition) is 1. The molecule has 3 heteroatoms. The Kier molecular flexibility index (Phi) is 16.1. The Morgan fingerprint density at radius 3 is 1.52 bits per heavy atom. The summed E-state index contributed by atoms with van der Waals surface area (Å²) in [5.41, 5.74) is 0. The number of unbranched alkanes of at least 4 members (excludes halogenated alkanes) is 15. The lowest BCUT2D eigenvalue weighted by Crippen LogP contribution is -2.47. The summed E-state index contributed by atoms with van der Waals surface area (Å²) in [5.74, 6) is 0. The third-order valence-corrected chi connectivity index (χ3v) is 6.22. The van der Waals surface area contributed by atoms with E-state index < -0.39 is 0 Å². The molecule has 0 radical (unpaired) electrons. The van der Waals surface area contributed by atoms with Crippen LogP contribution in [0.25, 0.3) is 0 Å². The smallest absolute Gasteiger partial charge is 0.185 e. The standard InChI is InChI=1S/C24H49N2O/c1-2-3-4-5-6-7-8-9-10-11-12-13-14-15-16-17-20-26(21-18-23-27)22-19-25-24-26/h24,27H,2-23H2,1H3/q+1. The summed E-state index contributed by atoms with van der Waals surface area (Å²) in [5, 5.41) is 9.10. The molecule has 27 heavy (non-hydrogen) atoms. The van der Waals surface area contributed by atoms with Crippen LogP contribution in [0.3, 0.4) is 0 Å². The molecule has 1 N–H and O–H groups in total. The molecule has 1 rings (SSSR count). The fourth-order valence-corrected chi connectivity index (χ4v) is 4.36. The topological polar surface area (TPSA) is 32.6 Å². The van der Waals surface area contributed by atoms with Crippen molar-refractivity contribution in [2.75, 3.05) is 32.8 Å². The van der Waals surface area contributed by atoms with Crippen LogP contribution in [0.2, 0.25) is 0 Å². The molecule has 160 valence electrons. The molecule has 3 nitrogen and oxygen atoms in total. The van der Waals surface area contributed by atoms with Crippen LogP contribution in [0.1, 0.15) is 116 Å². The van der Waals surface area contributed by atoms with E-state index in [9.17, 15) is 0 Å². The minimum absolute atomic E-state index is 0.312. The summed E-state index contributed by atoms with van der Waals surface area (Å²) >= 11 is 0. The summed E-state index contributed by atoms with van der Waals surface area (Å²) in [4.78, 5) is 4.45. The van der Waals surface area contributed by atoms with Crippen LogP contribution < -0.4 is 0 Å². The van der Waals surface area contributed by atoms with Crippen molar-refractivity contribution in [1.82, 2.24) is 0 Å². The van der Waals surface area contributed by atoms with E-state index in [0.717, 1.165) is 30.5 Å². The molecule has 0 fully saturated rings. The van der Waals surface area contributed by atoms with Gasteiger partial charge in [0.05, 0.1) is 19.6 Å². The number of aliphatic hydroxyl groups excluding tert-OH is 1. The second-order valence-electron chi connectivity index (χ2n) is 8.79. The van der Waals surface area contributed by atoms with Gasteiger partial charge < -0.3 is 5.11 Å². The Morgan fingerprint density at radius 1 is 0.667 bits per heavy atom. The summed E-state index contributed by atoms with van der Waals surface area (Å²) in [7, 11) is 0. The van der Waals surface area contributed by atoms with E-state index in [1.54, 1.807) is 0 Å². The second-order valence-corrected chi connectivity index (χ2v) is 8.79. The van der Waals surface area contributed by atoms with Gasteiger partial charge in [-0.2, -0.15) is 0 Å². The van der Waals surface area contributed by atoms with Crippen molar-refractivity contribution < 1.29 is 9.59 Å². The molecule has 1 atom stereocenters. The first-order valence-corrected chi connectivity index (χ1v) is 12.3. The van der Waals surface area contributed by atoms with Gasteiger partial charge in [0.15, 0.2) is 6.34 Å². The minimum atomic E-state index is 0.312. The van der Waals surface area contributed by atoms with Crippen molar-refractivity contribution in [2.45, 2.75) is 116 Å². The average molecular weight is 382 g/mol. The summed E-state index contributed by atoms with van der Waals surface area (Å²) < 4.78 is 1.03. The van der Waals surface area contributed by atoms with Gasteiger partial charge in [0.2, 0.25) is 0 Å². The van der Waals surface area contributed by atoms with Crippen molar-refractivity contribution in [3.63, 3.8) is 0 Å². The lowest BCUT2D eigenvalue weighted by atomic mass is 10.0. The van der Waals surface area contributed by atoms with Crippen LogP contribution in [0, 0.1) is 0 Å². The molecule has 0 bridgehead atoms. The van der Waals surface area contributed by atoms with Crippen molar-refractivity contribution in [2.24, 2.45) is 4.99 Å². The average Bonchev–Trinajstić information content (AvgIpc) is 3.15. The molecule has 0 saturated heterocycles. The molecule has 0 aromatic rings. The van der Waals surface area contributed by atoms with Gasteiger partial charge in [-0.05, 0) is 12.8 Å². The Bertz CT molecular complexity index is 345. The van der Waals surface area contributed by atoms with E-state index in [1.165, 1.54) is 109 Å². The SMILES string of the molecule is CCCCCCCCCCCCCCCCCC[N+]1(CCCO)C=NCC1. The Hall–Kier alpha value is -0.410. The summed E-state index contributed by atoms with van der Waals surface area (Å²) in [6.07, 6.45) is 25.9. The molecule has 1 aliphatic rings. The number of quaternary nitrogens is 1. The highest BCUT2D eigenvalue weighted by atomic mass is 16.3. The first kappa shape index (κ1) is 24.6. The molecular weight excluding hydrogens is 332 g/mol. The zero-order valence-electron chi connectivity index (χ0n) is 18.5. The Morgan fingerprint density at radius 2 is 1.11 bits per heavy atom. The van der Waals surface area contributed by atoms with Gasteiger partial charge in [0.1, 0.15) is 6.54 Å². The number of aliphatic imine (C=N–C) groups is 1. The molecule has 0 spiro atoms. The van der Waals surface area contributed by atoms with E-state index in [0.29, 0.717) is 6.61 Å². The number of aliphatic hydroxyl groups is 1. The molecular formula is C24H49N2O+. The van der Waals surface area contributed by atoms with Gasteiger partial charge in [0, 0.05) is 13.0 Å². The Balaban J connectivity index is 1.81. The van der Waals surface area contributed by atoms with Crippen LogP contribution >= 0.6 is 0 Å². The maximum absolute atomic E-state index is 9.10. The van der Waals surface area contributed by atoms with Crippen molar-refractivity contribution in [3.8, 4) is 0 Å². The maximum Gasteiger partial charge on any atom is 0.185 e. The molecule has 1 heterocycles. The van der Waals surface area contributed by atoms with E-state index >= 15 is 0 Å². The quantitative estimate of drug-likeness (QED) is 0.190. The van der Waals surface area contributed by atoms with Crippen LogP contribution in [-0.2, 0) is 0 Å². The third kappa shape index (κ3) is 13.4. The molecule has 0 aliphatic carbocycles. The summed E-state index contributed by atoms with van der Waals surface area (Å²) in [6, 6.07) is 0. The highest BCUT2D eigenvalue weighted by molar-refractivity contribution is 5.48. The zero-order chi connectivity index (χ0) is 19.5. The van der Waals surface area contributed by atoms with Crippen molar-refractivity contribution >= 4 is 6.34 Å². The predicted molar refractivity (Wildman–Crippen MR) is 119 cm³/mol. The van der Waals surface area contributed by atoms with Gasteiger partial charge >= 0.3 is 0 Å². The summed E-state index contributed by atoms with van der Waals surface area (Å²) in [6.45, 7) is 7.03. The number of hydrogen-bond acceptors (Lipinski definition) is 2. The zero-order valence-corrected chi connectivity index (χ0v) is 18.5. The van der Waals surface area contributed by atoms with E-state index in [4.69, 9.17) is 5.11 Å². The Labute approximate surface area is 170 Å². The van der Waals surface area contributed by atoms with Crippen LogP contribution in [0.4, 0.5) is 0 Å². The fourth-order valence-electron chi connectivity index (χ4n) is 4.36. The van der Waals surface area contributed by atoms with Crippen LogP contribution in [0.5, 0.6) is 0 Å². The predicted octanol–water partition coefficient (Wildman–Crippen LogP) is 6.49. The van der Waals surface area contributed by atoms with Gasteiger partial charge in [-0.15, -0.1) is 0 Å². The lowest BCUT2D eigenvalue weighted by Gasteiger charge is -2.30. The maximum atomic E-state index is 9.10. The van der Waals surface area contributed by atoms with E-state index in [-0.39, 0.29) is 0 Å². The van der Waals surface area contributed by atoms with Crippen LogP contribution in [0.15, 0.2) is 4.99 Å². The molecule has 0 amide bonds. The van der Waals surface area contributed by atoms with Crippen molar-refractivity contribution in [3.05, 3.63) is 0 Å². The second kappa shape index (κ2) is 17.7. The molecule has 0 aromatic carbocycles. The monoisotopic (exact) mass is 381 g/mol. The van der Waals surface area contributed by atoms with Gasteiger partial charge in [-0.1, -0.05) is 96.8 Å². The lowest BCUT2D eigenvalue weighted by molar-refractivity contribution is -0.829.